The molecule has 0 saturated carbocycles. The minimum Gasteiger partial charge on any atom is -0.326 e. The molecular weight excluding hydrogens is 318 g/mol. The van der Waals surface area contributed by atoms with Gasteiger partial charge in [-0.1, -0.05) is 24.6 Å². The van der Waals surface area contributed by atoms with Crippen LogP contribution in [0.5, 0.6) is 0 Å². The number of Topliss-reactive ketones (excluding diaryl/α,β-unsaturated/α-hetero) is 1. The van der Waals surface area contributed by atoms with Gasteiger partial charge in [0, 0.05) is 22.6 Å². The van der Waals surface area contributed by atoms with Crippen molar-refractivity contribution in [3.05, 3.63) is 59.2 Å². The fourth-order valence-corrected chi connectivity index (χ4v) is 3.30. The van der Waals surface area contributed by atoms with Crippen LogP contribution in [-0.4, -0.2) is 17.4 Å². The van der Waals surface area contributed by atoms with E-state index >= 15 is 0 Å². The molecule has 0 atom stereocenters. The molecule has 0 spiro atoms. The van der Waals surface area contributed by atoms with E-state index in [1.807, 2.05) is 6.92 Å². The molecule has 0 aliphatic heterocycles. The van der Waals surface area contributed by atoms with Crippen molar-refractivity contribution >= 4 is 29.1 Å². The molecule has 4 heteroatoms. The fraction of sp³-hybridized carbons (Fsp3) is 0.300. The van der Waals surface area contributed by atoms with Crippen LogP contribution in [0.3, 0.4) is 0 Å². The predicted octanol–water partition coefficient (Wildman–Crippen LogP) is 5.02. The Kier molecular flexibility index (Phi) is 6.62. The third kappa shape index (κ3) is 5.24. The summed E-state index contributed by atoms with van der Waals surface area (Å²) < 4.78 is 0. The largest absolute Gasteiger partial charge is 0.326 e. The molecule has 0 aliphatic rings. The van der Waals surface area contributed by atoms with Gasteiger partial charge in [0.15, 0.2) is 5.78 Å². The smallest absolute Gasteiger partial charge is 0.224 e. The second kappa shape index (κ2) is 8.69. The number of amides is 1. The lowest BCUT2D eigenvalue weighted by molar-refractivity contribution is -0.116. The van der Waals surface area contributed by atoms with Crippen molar-refractivity contribution in [1.82, 2.24) is 0 Å². The molecule has 126 valence electrons. The van der Waals surface area contributed by atoms with Crippen LogP contribution in [0.1, 0.15) is 41.3 Å². The lowest BCUT2D eigenvalue weighted by Crippen LogP contribution is -2.10. The summed E-state index contributed by atoms with van der Waals surface area (Å²) in [5.41, 5.74) is 3.78. The van der Waals surface area contributed by atoms with Crippen LogP contribution in [0.15, 0.2) is 47.4 Å². The average molecular weight is 341 g/mol. The molecule has 24 heavy (non-hydrogen) atoms. The molecule has 2 rings (SSSR count). The molecule has 0 heterocycles. The quantitative estimate of drug-likeness (QED) is 0.568. The van der Waals surface area contributed by atoms with Crippen molar-refractivity contribution < 1.29 is 9.59 Å². The van der Waals surface area contributed by atoms with Gasteiger partial charge in [0.2, 0.25) is 5.91 Å². The van der Waals surface area contributed by atoms with E-state index in [9.17, 15) is 9.59 Å². The first-order valence-corrected chi connectivity index (χ1v) is 9.11. The normalized spacial score (nSPS) is 10.5. The molecular formula is C20H23NO2S. The minimum atomic E-state index is 0.00190. The summed E-state index contributed by atoms with van der Waals surface area (Å²) in [6, 6.07) is 13.4. The van der Waals surface area contributed by atoms with Crippen LogP contribution < -0.4 is 5.32 Å². The van der Waals surface area contributed by atoms with E-state index in [0.717, 1.165) is 17.0 Å². The lowest BCUT2D eigenvalue weighted by atomic mass is 10.1. The van der Waals surface area contributed by atoms with Crippen LogP contribution in [0.4, 0.5) is 5.69 Å². The van der Waals surface area contributed by atoms with Gasteiger partial charge in [-0.25, -0.2) is 0 Å². The zero-order chi connectivity index (χ0) is 17.5. The molecule has 0 unspecified atom stereocenters. The summed E-state index contributed by atoms with van der Waals surface area (Å²) in [4.78, 5) is 25.1. The first-order valence-electron chi connectivity index (χ1n) is 8.12. The Balaban J connectivity index is 1.95. The maximum Gasteiger partial charge on any atom is 0.224 e. The highest BCUT2D eigenvalue weighted by Crippen LogP contribution is 2.24. The summed E-state index contributed by atoms with van der Waals surface area (Å²) in [5.74, 6) is 0.501. The van der Waals surface area contributed by atoms with Gasteiger partial charge in [0.25, 0.3) is 0 Å². The molecule has 0 fully saturated rings. The fourth-order valence-electron chi connectivity index (χ4n) is 2.28. The first-order chi connectivity index (χ1) is 11.5. The van der Waals surface area contributed by atoms with Gasteiger partial charge in [-0.15, -0.1) is 11.8 Å². The zero-order valence-corrected chi connectivity index (χ0v) is 15.2. The lowest BCUT2D eigenvalue weighted by Gasteiger charge is -2.08. The molecule has 0 saturated heterocycles. The summed E-state index contributed by atoms with van der Waals surface area (Å²) >= 11 is 1.57. The molecule has 0 aliphatic carbocycles. The standard InChI is InChI=1S/C20H23NO2S/c1-4-5-20(23)21-17-10-8-16(9-11-17)18(22)13-24-19-12-14(2)6-7-15(19)3/h6-12H,4-5,13H2,1-3H3,(H,21,23). The maximum atomic E-state index is 12.3. The monoisotopic (exact) mass is 341 g/mol. The highest BCUT2D eigenvalue weighted by molar-refractivity contribution is 8.00. The topological polar surface area (TPSA) is 46.2 Å². The van der Waals surface area contributed by atoms with E-state index < -0.39 is 0 Å². The molecule has 2 aromatic rings. The summed E-state index contributed by atoms with van der Waals surface area (Å²) in [7, 11) is 0. The van der Waals surface area contributed by atoms with Crippen LogP contribution in [0, 0.1) is 13.8 Å². The van der Waals surface area contributed by atoms with E-state index in [1.165, 1.54) is 11.1 Å². The number of aryl methyl sites for hydroxylation is 2. The van der Waals surface area contributed by atoms with Crippen molar-refractivity contribution in [2.24, 2.45) is 0 Å². The zero-order valence-electron chi connectivity index (χ0n) is 14.4. The first kappa shape index (κ1) is 18.3. The highest BCUT2D eigenvalue weighted by atomic mass is 32.2. The Morgan fingerprint density at radius 3 is 2.42 bits per heavy atom. The van der Waals surface area contributed by atoms with E-state index in [0.29, 0.717) is 17.7 Å². The number of ketones is 1. The molecule has 0 bridgehead atoms. The SMILES string of the molecule is CCCC(=O)Nc1ccc(C(=O)CSc2cc(C)ccc2C)cc1. The van der Waals surface area contributed by atoms with Crippen molar-refractivity contribution in [3.8, 4) is 0 Å². The van der Waals surface area contributed by atoms with Gasteiger partial charge in [-0.3, -0.25) is 9.59 Å². The Labute approximate surface area is 147 Å². The van der Waals surface area contributed by atoms with Gasteiger partial charge >= 0.3 is 0 Å². The highest BCUT2D eigenvalue weighted by Gasteiger charge is 2.09. The number of hydrogen-bond donors (Lipinski definition) is 1. The van der Waals surface area contributed by atoms with Gasteiger partial charge in [0.1, 0.15) is 0 Å². The molecule has 1 amide bonds. The number of carbonyl (C=O) groups excluding carboxylic acids is 2. The van der Waals surface area contributed by atoms with E-state index in [1.54, 1.807) is 36.0 Å². The molecule has 0 radical (unpaired) electrons. The number of carbonyl (C=O) groups is 2. The Morgan fingerprint density at radius 2 is 1.75 bits per heavy atom. The van der Waals surface area contributed by atoms with Gasteiger partial charge in [0.05, 0.1) is 5.75 Å². The number of benzene rings is 2. The second-order valence-corrected chi connectivity index (χ2v) is 6.87. The minimum absolute atomic E-state index is 0.00190. The van der Waals surface area contributed by atoms with E-state index in [4.69, 9.17) is 0 Å². The van der Waals surface area contributed by atoms with Gasteiger partial charge < -0.3 is 5.32 Å². The van der Waals surface area contributed by atoms with Gasteiger partial charge in [-0.05, 0) is 56.2 Å². The summed E-state index contributed by atoms with van der Waals surface area (Å²) in [5, 5.41) is 2.83. The number of anilines is 1. The number of rotatable bonds is 7. The van der Waals surface area contributed by atoms with Gasteiger partial charge in [-0.2, -0.15) is 0 Å². The Bertz CT molecular complexity index is 723. The molecule has 1 N–H and O–H groups in total. The van der Waals surface area contributed by atoms with Crippen LogP contribution in [0.25, 0.3) is 0 Å². The number of hydrogen-bond acceptors (Lipinski definition) is 3. The van der Waals surface area contributed by atoms with Crippen molar-refractivity contribution in [1.29, 1.82) is 0 Å². The Morgan fingerprint density at radius 1 is 1.04 bits per heavy atom. The average Bonchev–Trinajstić information content (AvgIpc) is 2.56. The third-order valence-corrected chi connectivity index (χ3v) is 4.83. The second-order valence-electron chi connectivity index (χ2n) is 5.86. The number of nitrogens with one attached hydrogen (secondary N) is 1. The summed E-state index contributed by atoms with van der Waals surface area (Å²) in [6.07, 6.45) is 1.32. The number of thioether (sulfide) groups is 1. The van der Waals surface area contributed by atoms with Crippen LogP contribution in [-0.2, 0) is 4.79 Å². The third-order valence-electron chi connectivity index (χ3n) is 3.67. The van der Waals surface area contributed by atoms with Crippen LogP contribution in [0.2, 0.25) is 0 Å². The van der Waals surface area contributed by atoms with Crippen LogP contribution >= 0.6 is 11.8 Å². The summed E-state index contributed by atoms with van der Waals surface area (Å²) in [6.45, 7) is 6.08. The maximum absolute atomic E-state index is 12.3. The molecule has 0 aromatic heterocycles. The Hall–Kier alpha value is -2.07. The predicted molar refractivity (Wildman–Crippen MR) is 101 cm³/mol. The molecule has 2 aromatic carbocycles. The van der Waals surface area contributed by atoms with Crippen molar-refractivity contribution in [2.45, 2.75) is 38.5 Å². The van der Waals surface area contributed by atoms with E-state index in [-0.39, 0.29) is 11.7 Å². The van der Waals surface area contributed by atoms with Crippen molar-refractivity contribution in [3.63, 3.8) is 0 Å². The molecule has 3 nitrogen and oxygen atoms in total. The van der Waals surface area contributed by atoms with Crippen molar-refractivity contribution in [2.75, 3.05) is 11.1 Å². The van der Waals surface area contributed by atoms with E-state index in [2.05, 4.69) is 37.4 Å².